The van der Waals surface area contributed by atoms with Gasteiger partial charge in [-0.2, -0.15) is 13.2 Å². The van der Waals surface area contributed by atoms with Crippen LogP contribution < -0.4 is 4.74 Å². The third-order valence-corrected chi connectivity index (χ3v) is 3.99. The predicted molar refractivity (Wildman–Crippen MR) is 67.3 cm³/mol. The second-order valence-electron chi connectivity index (χ2n) is 5.26. The van der Waals surface area contributed by atoms with E-state index in [4.69, 9.17) is 4.74 Å². The van der Waals surface area contributed by atoms with Gasteiger partial charge in [0, 0.05) is 11.8 Å². The lowest BCUT2D eigenvalue weighted by Gasteiger charge is -2.32. The number of halogens is 3. The standard InChI is InChI=1S/C14H18F3NO2/c1-20-12-6-10(7-18-8-12)13(19)9-2-4-11(5-3-9)14(15,16)17/h6-9,11,13,19H,2-5H2,1H3. The van der Waals surface area contributed by atoms with Crippen LogP contribution in [0.2, 0.25) is 0 Å². The predicted octanol–water partition coefficient (Wildman–Crippen LogP) is 3.49. The molecule has 1 aliphatic rings. The molecule has 0 aliphatic heterocycles. The van der Waals surface area contributed by atoms with Crippen LogP contribution in [0.3, 0.4) is 0 Å². The van der Waals surface area contributed by atoms with E-state index in [1.54, 1.807) is 6.07 Å². The molecule has 0 amide bonds. The summed E-state index contributed by atoms with van der Waals surface area (Å²) in [5.41, 5.74) is 0.597. The molecule has 6 heteroatoms. The molecule has 0 saturated heterocycles. The number of aliphatic hydroxyl groups excluding tert-OH is 1. The number of aromatic nitrogens is 1. The number of aliphatic hydroxyl groups is 1. The first-order valence-electron chi connectivity index (χ1n) is 6.65. The monoisotopic (exact) mass is 289 g/mol. The van der Waals surface area contributed by atoms with Gasteiger partial charge in [-0.3, -0.25) is 4.98 Å². The Morgan fingerprint density at radius 2 is 1.90 bits per heavy atom. The highest BCUT2D eigenvalue weighted by molar-refractivity contribution is 5.25. The second kappa shape index (κ2) is 5.99. The number of rotatable bonds is 3. The Bertz CT molecular complexity index is 442. The number of methoxy groups -OCH3 is 1. The van der Waals surface area contributed by atoms with E-state index in [1.165, 1.54) is 19.5 Å². The molecule has 1 aliphatic carbocycles. The van der Waals surface area contributed by atoms with Gasteiger partial charge >= 0.3 is 6.18 Å². The van der Waals surface area contributed by atoms with Crippen molar-refractivity contribution in [2.75, 3.05) is 7.11 Å². The maximum absolute atomic E-state index is 12.6. The van der Waals surface area contributed by atoms with E-state index in [0.717, 1.165) is 0 Å². The Morgan fingerprint density at radius 3 is 2.45 bits per heavy atom. The fourth-order valence-electron chi connectivity index (χ4n) is 2.74. The number of hydrogen-bond acceptors (Lipinski definition) is 3. The third kappa shape index (κ3) is 3.42. The van der Waals surface area contributed by atoms with Crippen LogP contribution in [0, 0.1) is 11.8 Å². The average Bonchev–Trinajstić information content (AvgIpc) is 2.46. The largest absolute Gasteiger partial charge is 0.495 e. The summed E-state index contributed by atoms with van der Waals surface area (Å²) in [4.78, 5) is 3.96. The smallest absolute Gasteiger partial charge is 0.391 e. The van der Waals surface area contributed by atoms with Crippen molar-refractivity contribution in [3.8, 4) is 5.75 Å². The molecule has 0 radical (unpaired) electrons. The molecular weight excluding hydrogens is 271 g/mol. The van der Waals surface area contributed by atoms with Crippen LogP contribution in [0.5, 0.6) is 5.75 Å². The van der Waals surface area contributed by atoms with Crippen LogP contribution in [0.4, 0.5) is 13.2 Å². The maximum atomic E-state index is 12.6. The Hall–Kier alpha value is -1.30. The van der Waals surface area contributed by atoms with Crippen LogP contribution in [-0.2, 0) is 0 Å². The van der Waals surface area contributed by atoms with Crippen molar-refractivity contribution in [1.29, 1.82) is 0 Å². The summed E-state index contributed by atoms with van der Waals surface area (Å²) in [6.45, 7) is 0. The summed E-state index contributed by atoms with van der Waals surface area (Å²) < 4.78 is 42.8. The molecule has 1 aromatic rings. The third-order valence-electron chi connectivity index (χ3n) is 3.99. The SMILES string of the molecule is COc1cncc(C(O)C2CCC(C(F)(F)F)CC2)c1. The first-order chi connectivity index (χ1) is 9.41. The van der Waals surface area contributed by atoms with Crippen LogP contribution in [-0.4, -0.2) is 23.4 Å². The van der Waals surface area contributed by atoms with Crippen molar-refractivity contribution >= 4 is 0 Å². The lowest BCUT2D eigenvalue weighted by atomic mass is 9.78. The Labute approximate surface area is 115 Å². The minimum atomic E-state index is -4.12. The minimum absolute atomic E-state index is 0.0859. The zero-order chi connectivity index (χ0) is 14.8. The van der Waals surface area contributed by atoms with Gasteiger partial charge in [0.1, 0.15) is 5.75 Å². The molecule has 1 saturated carbocycles. The lowest BCUT2D eigenvalue weighted by molar-refractivity contribution is -0.185. The zero-order valence-corrected chi connectivity index (χ0v) is 11.2. The number of ether oxygens (including phenoxy) is 1. The van der Waals surface area contributed by atoms with E-state index < -0.39 is 18.2 Å². The van der Waals surface area contributed by atoms with E-state index in [-0.39, 0.29) is 18.8 Å². The van der Waals surface area contributed by atoms with Crippen molar-refractivity contribution in [3.63, 3.8) is 0 Å². The van der Waals surface area contributed by atoms with Crippen molar-refractivity contribution in [2.45, 2.75) is 38.0 Å². The highest BCUT2D eigenvalue weighted by Gasteiger charge is 2.42. The minimum Gasteiger partial charge on any atom is -0.495 e. The Morgan fingerprint density at radius 1 is 1.25 bits per heavy atom. The van der Waals surface area contributed by atoms with Gasteiger partial charge in [-0.05, 0) is 37.7 Å². The molecule has 1 heterocycles. The number of alkyl halides is 3. The molecule has 2 rings (SSSR count). The Kier molecular flexibility index (Phi) is 4.52. The number of nitrogens with zero attached hydrogens (tertiary/aromatic N) is 1. The topological polar surface area (TPSA) is 42.4 Å². The van der Waals surface area contributed by atoms with Crippen LogP contribution in [0.25, 0.3) is 0 Å². The molecule has 112 valence electrons. The summed E-state index contributed by atoms with van der Waals surface area (Å²) in [6.07, 6.45) is -0.921. The molecular formula is C14H18F3NO2. The second-order valence-corrected chi connectivity index (χ2v) is 5.26. The van der Waals surface area contributed by atoms with Gasteiger partial charge in [-0.1, -0.05) is 0 Å². The number of hydrogen-bond donors (Lipinski definition) is 1. The quantitative estimate of drug-likeness (QED) is 0.926. The van der Waals surface area contributed by atoms with Gasteiger partial charge in [0.05, 0.1) is 25.3 Å². The van der Waals surface area contributed by atoms with E-state index in [2.05, 4.69) is 4.98 Å². The van der Waals surface area contributed by atoms with Gasteiger partial charge in [0.2, 0.25) is 0 Å². The highest BCUT2D eigenvalue weighted by atomic mass is 19.4. The molecule has 1 N–H and O–H groups in total. The molecule has 1 fully saturated rings. The van der Waals surface area contributed by atoms with Crippen LogP contribution in [0.1, 0.15) is 37.4 Å². The van der Waals surface area contributed by atoms with Crippen molar-refractivity contribution in [1.82, 2.24) is 4.98 Å². The van der Waals surface area contributed by atoms with E-state index >= 15 is 0 Å². The summed E-state index contributed by atoms with van der Waals surface area (Å²) >= 11 is 0. The first kappa shape index (κ1) is 15.1. The van der Waals surface area contributed by atoms with E-state index in [1.807, 2.05) is 0 Å². The fourth-order valence-corrected chi connectivity index (χ4v) is 2.74. The fraction of sp³-hybridized carbons (Fsp3) is 0.643. The molecule has 20 heavy (non-hydrogen) atoms. The summed E-state index contributed by atoms with van der Waals surface area (Å²) in [7, 11) is 1.50. The molecule has 1 aromatic heterocycles. The van der Waals surface area contributed by atoms with Gasteiger partial charge in [0.15, 0.2) is 0 Å². The Balaban J connectivity index is 1.99. The normalized spacial score (nSPS) is 25.2. The van der Waals surface area contributed by atoms with Gasteiger partial charge in [-0.15, -0.1) is 0 Å². The van der Waals surface area contributed by atoms with Crippen molar-refractivity contribution < 1.29 is 23.0 Å². The molecule has 1 atom stereocenters. The van der Waals surface area contributed by atoms with Crippen LogP contribution >= 0.6 is 0 Å². The summed E-state index contributed by atoms with van der Waals surface area (Å²) in [5, 5.41) is 10.3. The van der Waals surface area contributed by atoms with E-state index in [9.17, 15) is 18.3 Å². The molecule has 0 bridgehead atoms. The van der Waals surface area contributed by atoms with Crippen LogP contribution in [0.15, 0.2) is 18.5 Å². The first-order valence-corrected chi connectivity index (χ1v) is 6.65. The zero-order valence-electron chi connectivity index (χ0n) is 11.2. The molecule has 0 spiro atoms. The molecule has 3 nitrogen and oxygen atoms in total. The van der Waals surface area contributed by atoms with Gasteiger partial charge in [-0.25, -0.2) is 0 Å². The highest BCUT2D eigenvalue weighted by Crippen LogP contribution is 2.43. The lowest BCUT2D eigenvalue weighted by Crippen LogP contribution is -2.29. The van der Waals surface area contributed by atoms with Gasteiger partial charge < -0.3 is 9.84 Å². The maximum Gasteiger partial charge on any atom is 0.391 e. The van der Waals surface area contributed by atoms with Gasteiger partial charge in [0.25, 0.3) is 0 Å². The summed E-state index contributed by atoms with van der Waals surface area (Å²) in [5.74, 6) is -0.845. The van der Waals surface area contributed by atoms with Crippen molar-refractivity contribution in [3.05, 3.63) is 24.0 Å². The summed E-state index contributed by atoms with van der Waals surface area (Å²) in [6, 6.07) is 1.67. The average molecular weight is 289 g/mol. The van der Waals surface area contributed by atoms with E-state index in [0.29, 0.717) is 24.2 Å². The molecule has 0 aromatic carbocycles. The van der Waals surface area contributed by atoms with Crippen molar-refractivity contribution in [2.24, 2.45) is 11.8 Å². The molecule has 1 unspecified atom stereocenters. The number of pyridine rings is 1.